The van der Waals surface area contributed by atoms with Gasteiger partial charge in [0, 0.05) is 0 Å². The van der Waals surface area contributed by atoms with Crippen LogP contribution in [0.4, 0.5) is 5.69 Å². The van der Waals surface area contributed by atoms with Gasteiger partial charge in [-0.1, -0.05) is 36.2 Å². The predicted molar refractivity (Wildman–Crippen MR) is 94.0 cm³/mol. The van der Waals surface area contributed by atoms with Crippen LogP contribution in [-0.4, -0.2) is 20.6 Å². The zero-order valence-corrected chi connectivity index (χ0v) is 14.5. The Morgan fingerprint density at radius 2 is 1.71 bits per heavy atom. The summed E-state index contributed by atoms with van der Waals surface area (Å²) in [5, 5.41) is 0. The fourth-order valence-corrected chi connectivity index (χ4v) is 5.41. The minimum absolute atomic E-state index is 0.0612. The van der Waals surface area contributed by atoms with Crippen molar-refractivity contribution in [3.63, 3.8) is 0 Å². The molecule has 0 unspecified atom stereocenters. The van der Waals surface area contributed by atoms with Crippen LogP contribution in [0.2, 0.25) is 0 Å². The van der Waals surface area contributed by atoms with Gasteiger partial charge in [-0.2, -0.15) is 0 Å². The average Bonchev–Trinajstić information content (AvgIpc) is 2.59. The van der Waals surface area contributed by atoms with Gasteiger partial charge in [-0.3, -0.25) is 4.31 Å². The maximum atomic E-state index is 13.4. The number of hydrogen-bond donors (Lipinski definition) is 0. The Balaban J connectivity index is 1.85. The zero-order chi connectivity index (χ0) is 16.7. The first-order valence-corrected chi connectivity index (χ1v) is 9.88. The third-order valence-electron chi connectivity index (χ3n) is 4.93. The molecule has 1 fully saturated rings. The SMILES string of the molecule is Cc1ccc(S(=O)(=O)N2c3ccccc3O[C@@H]3CCCC[C@H]32)cc1. The van der Waals surface area contributed by atoms with Crippen molar-refractivity contribution in [3.05, 3.63) is 54.1 Å². The molecule has 4 nitrogen and oxygen atoms in total. The van der Waals surface area contributed by atoms with Gasteiger partial charge in [-0.05, 0) is 50.5 Å². The summed E-state index contributed by atoms with van der Waals surface area (Å²) >= 11 is 0. The van der Waals surface area contributed by atoms with Crippen molar-refractivity contribution >= 4 is 15.7 Å². The van der Waals surface area contributed by atoms with E-state index in [2.05, 4.69) is 0 Å². The zero-order valence-electron chi connectivity index (χ0n) is 13.7. The first-order chi connectivity index (χ1) is 11.6. The lowest BCUT2D eigenvalue weighted by molar-refractivity contribution is 0.122. The molecule has 0 spiro atoms. The molecule has 24 heavy (non-hydrogen) atoms. The van der Waals surface area contributed by atoms with Crippen molar-refractivity contribution in [1.82, 2.24) is 0 Å². The van der Waals surface area contributed by atoms with Crippen LogP contribution in [-0.2, 0) is 10.0 Å². The molecule has 2 atom stereocenters. The summed E-state index contributed by atoms with van der Waals surface area (Å²) in [5.74, 6) is 0.663. The summed E-state index contributed by atoms with van der Waals surface area (Å²) in [6.45, 7) is 1.96. The first-order valence-electron chi connectivity index (χ1n) is 8.44. The van der Waals surface area contributed by atoms with Gasteiger partial charge in [0.15, 0.2) is 0 Å². The van der Waals surface area contributed by atoms with Crippen molar-refractivity contribution in [2.45, 2.75) is 49.6 Å². The molecule has 5 heteroatoms. The Bertz CT molecular complexity index is 845. The van der Waals surface area contributed by atoms with E-state index in [4.69, 9.17) is 4.74 Å². The lowest BCUT2D eigenvalue weighted by atomic mass is 9.91. The molecule has 126 valence electrons. The minimum atomic E-state index is -3.61. The van der Waals surface area contributed by atoms with Gasteiger partial charge < -0.3 is 4.74 Å². The van der Waals surface area contributed by atoms with Crippen LogP contribution >= 0.6 is 0 Å². The van der Waals surface area contributed by atoms with E-state index in [9.17, 15) is 8.42 Å². The fraction of sp³-hybridized carbons (Fsp3) is 0.368. The van der Waals surface area contributed by atoms with Crippen LogP contribution in [0, 0.1) is 6.92 Å². The quantitative estimate of drug-likeness (QED) is 0.831. The summed E-state index contributed by atoms with van der Waals surface area (Å²) in [4.78, 5) is 0.342. The largest absolute Gasteiger partial charge is 0.486 e. The maximum Gasteiger partial charge on any atom is 0.264 e. The Labute approximate surface area is 143 Å². The molecule has 0 bridgehead atoms. The highest BCUT2D eigenvalue weighted by molar-refractivity contribution is 7.92. The average molecular weight is 343 g/mol. The Kier molecular flexibility index (Phi) is 3.76. The Morgan fingerprint density at radius 1 is 1.00 bits per heavy atom. The summed E-state index contributed by atoms with van der Waals surface area (Å²) in [6.07, 6.45) is 3.80. The number of fused-ring (bicyclic) bond motifs is 2. The number of sulfonamides is 1. The fourth-order valence-electron chi connectivity index (χ4n) is 3.70. The van der Waals surface area contributed by atoms with Crippen molar-refractivity contribution in [3.8, 4) is 5.75 Å². The Hall–Kier alpha value is -2.01. The normalized spacial score (nSPS) is 23.1. The summed E-state index contributed by atoms with van der Waals surface area (Å²) in [7, 11) is -3.61. The summed E-state index contributed by atoms with van der Waals surface area (Å²) < 4.78 is 34.5. The smallest absolute Gasteiger partial charge is 0.264 e. The van der Waals surface area contributed by atoms with Crippen LogP contribution in [0.5, 0.6) is 5.75 Å². The number of anilines is 1. The maximum absolute atomic E-state index is 13.4. The van der Waals surface area contributed by atoms with Crippen molar-refractivity contribution in [2.75, 3.05) is 4.31 Å². The Morgan fingerprint density at radius 3 is 2.50 bits per heavy atom. The van der Waals surface area contributed by atoms with Crippen molar-refractivity contribution < 1.29 is 13.2 Å². The first kappa shape index (κ1) is 15.5. The van der Waals surface area contributed by atoms with E-state index in [-0.39, 0.29) is 12.1 Å². The van der Waals surface area contributed by atoms with E-state index in [0.29, 0.717) is 16.3 Å². The standard InChI is InChI=1S/C19H21NO3S/c1-14-10-12-15(13-11-14)24(21,22)20-16-6-2-4-8-18(16)23-19-9-5-3-7-17(19)20/h2,4,6,8,10-13,17,19H,3,5,7,9H2,1H3/t17-,19-/m1/s1. The van der Waals surface area contributed by atoms with Crippen molar-refractivity contribution in [2.24, 2.45) is 0 Å². The number of para-hydroxylation sites is 2. The highest BCUT2D eigenvalue weighted by atomic mass is 32.2. The van der Waals surface area contributed by atoms with Crippen LogP contribution in [0.15, 0.2) is 53.4 Å². The second-order valence-electron chi connectivity index (χ2n) is 6.59. The van der Waals surface area contributed by atoms with E-state index < -0.39 is 10.0 Å². The molecular weight excluding hydrogens is 322 g/mol. The van der Waals surface area contributed by atoms with E-state index >= 15 is 0 Å². The molecule has 2 aromatic carbocycles. The summed E-state index contributed by atoms with van der Waals surface area (Å²) in [6, 6.07) is 14.4. The minimum Gasteiger partial charge on any atom is -0.486 e. The van der Waals surface area contributed by atoms with E-state index in [1.165, 1.54) is 0 Å². The van der Waals surface area contributed by atoms with Crippen LogP contribution < -0.4 is 9.04 Å². The molecule has 0 saturated heterocycles. The number of nitrogens with zero attached hydrogens (tertiary/aromatic N) is 1. The number of rotatable bonds is 2. The lowest BCUT2D eigenvalue weighted by Crippen LogP contribution is -2.53. The third kappa shape index (κ3) is 2.47. The second-order valence-corrected chi connectivity index (χ2v) is 8.40. The topological polar surface area (TPSA) is 46.6 Å². The highest BCUT2D eigenvalue weighted by Crippen LogP contribution is 2.43. The van der Waals surface area contributed by atoms with Gasteiger partial charge in [0.05, 0.1) is 16.6 Å². The monoisotopic (exact) mass is 343 g/mol. The molecule has 0 radical (unpaired) electrons. The second kappa shape index (κ2) is 5.81. The molecule has 1 heterocycles. The molecule has 4 rings (SSSR count). The van der Waals surface area contributed by atoms with E-state index in [1.807, 2.05) is 43.3 Å². The van der Waals surface area contributed by atoms with Crippen LogP contribution in [0.3, 0.4) is 0 Å². The predicted octanol–water partition coefficient (Wildman–Crippen LogP) is 3.89. The molecule has 2 aromatic rings. The molecule has 2 aliphatic rings. The van der Waals surface area contributed by atoms with Gasteiger partial charge in [0.25, 0.3) is 10.0 Å². The molecular formula is C19H21NO3S. The highest BCUT2D eigenvalue weighted by Gasteiger charge is 2.43. The van der Waals surface area contributed by atoms with Gasteiger partial charge in [0.1, 0.15) is 11.9 Å². The molecule has 0 N–H and O–H groups in total. The van der Waals surface area contributed by atoms with Gasteiger partial charge >= 0.3 is 0 Å². The molecule has 0 aromatic heterocycles. The van der Waals surface area contributed by atoms with Crippen LogP contribution in [0.25, 0.3) is 0 Å². The number of hydrogen-bond acceptors (Lipinski definition) is 3. The molecule has 1 saturated carbocycles. The van der Waals surface area contributed by atoms with Gasteiger partial charge in [-0.25, -0.2) is 8.42 Å². The van der Waals surface area contributed by atoms with Crippen LogP contribution in [0.1, 0.15) is 31.2 Å². The number of ether oxygens (including phenoxy) is 1. The number of aryl methyl sites for hydroxylation is 1. The van der Waals surface area contributed by atoms with E-state index in [1.54, 1.807) is 16.4 Å². The summed E-state index contributed by atoms with van der Waals surface area (Å²) in [5.41, 5.74) is 1.70. The number of benzene rings is 2. The molecule has 1 aliphatic carbocycles. The molecule has 1 aliphatic heterocycles. The van der Waals surface area contributed by atoms with Crippen molar-refractivity contribution in [1.29, 1.82) is 0 Å². The molecule has 0 amide bonds. The van der Waals surface area contributed by atoms with E-state index in [0.717, 1.165) is 31.2 Å². The van der Waals surface area contributed by atoms with Gasteiger partial charge in [0.2, 0.25) is 0 Å². The lowest BCUT2D eigenvalue weighted by Gasteiger charge is -2.44. The third-order valence-corrected chi connectivity index (χ3v) is 6.78. The van der Waals surface area contributed by atoms with Gasteiger partial charge in [-0.15, -0.1) is 0 Å².